The molecule has 0 bridgehead atoms. The molecular formula is C35H51N5O8. The zero-order valence-electron chi connectivity index (χ0n) is 28.1. The van der Waals surface area contributed by atoms with Crippen LogP contribution < -0.4 is 45.9 Å². The van der Waals surface area contributed by atoms with Crippen LogP contribution in [0, 0.1) is 11.8 Å². The number of fused-ring (bicyclic) bond motifs is 3. The van der Waals surface area contributed by atoms with E-state index >= 15 is 0 Å². The van der Waals surface area contributed by atoms with Gasteiger partial charge in [-0.2, -0.15) is 0 Å². The molecule has 0 spiro atoms. The number of aromatic hydroxyl groups is 1. The lowest BCUT2D eigenvalue weighted by molar-refractivity contribution is -0.141. The van der Waals surface area contributed by atoms with E-state index in [1.165, 1.54) is 14.2 Å². The molecule has 48 heavy (non-hydrogen) atoms. The molecule has 2 aliphatic heterocycles. The summed E-state index contributed by atoms with van der Waals surface area (Å²) in [6, 6.07) is 6.77. The van der Waals surface area contributed by atoms with Gasteiger partial charge in [-0.1, -0.05) is 0 Å². The molecule has 0 saturated carbocycles. The predicted octanol–water partition coefficient (Wildman–Crippen LogP) is 2.30. The predicted molar refractivity (Wildman–Crippen MR) is 180 cm³/mol. The largest absolute Gasteiger partial charge is 0.502 e. The zero-order valence-corrected chi connectivity index (χ0v) is 28.1. The van der Waals surface area contributed by atoms with Gasteiger partial charge in [0, 0.05) is 18.3 Å². The van der Waals surface area contributed by atoms with Crippen molar-refractivity contribution in [1.82, 2.24) is 21.3 Å². The van der Waals surface area contributed by atoms with Crippen LogP contribution in [0.5, 0.6) is 28.7 Å². The first-order valence-electron chi connectivity index (χ1n) is 17.1. The third-order valence-corrected chi connectivity index (χ3v) is 9.34. The SMILES string of the molecule is COc1cc(C2c3cc4c(cc3C(NC(=O)CCCCNCCCNCCCNCCCN)C3COC(=O)C23)OCO4)cc(OC)c1O. The van der Waals surface area contributed by atoms with E-state index in [4.69, 9.17) is 29.4 Å². The molecule has 5 rings (SSSR count). The van der Waals surface area contributed by atoms with Crippen LogP contribution in [-0.4, -0.2) is 90.4 Å². The van der Waals surface area contributed by atoms with E-state index in [2.05, 4.69) is 21.3 Å². The van der Waals surface area contributed by atoms with E-state index < -0.39 is 17.9 Å². The van der Waals surface area contributed by atoms with Crippen molar-refractivity contribution in [2.24, 2.45) is 17.6 Å². The second kappa shape index (κ2) is 17.6. The van der Waals surface area contributed by atoms with Crippen molar-refractivity contribution in [2.75, 3.05) is 73.4 Å². The smallest absolute Gasteiger partial charge is 0.310 e. The molecule has 1 aliphatic carbocycles. The number of unbranched alkanes of at least 4 members (excludes halogenated alkanes) is 1. The summed E-state index contributed by atoms with van der Waals surface area (Å²) in [6.07, 6.45) is 5.17. The average molecular weight is 670 g/mol. The molecule has 13 nitrogen and oxygen atoms in total. The van der Waals surface area contributed by atoms with Crippen molar-refractivity contribution < 1.29 is 38.4 Å². The molecule has 13 heteroatoms. The number of phenolic OH excluding ortho intramolecular Hbond substituents is 1. The summed E-state index contributed by atoms with van der Waals surface area (Å²) in [5, 5.41) is 24.1. The van der Waals surface area contributed by atoms with Crippen LogP contribution in [0.2, 0.25) is 0 Å². The highest BCUT2D eigenvalue weighted by atomic mass is 16.7. The first-order chi connectivity index (χ1) is 23.5. The lowest BCUT2D eigenvalue weighted by Crippen LogP contribution is -2.42. The van der Waals surface area contributed by atoms with Gasteiger partial charge in [-0.3, -0.25) is 9.59 Å². The van der Waals surface area contributed by atoms with Crippen LogP contribution in [-0.2, 0) is 14.3 Å². The van der Waals surface area contributed by atoms with E-state index in [1.807, 2.05) is 12.1 Å². The van der Waals surface area contributed by atoms with Crippen LogP contribution in [0.15, 0.2) is 24.3 Å². The highest BCUT2D eigenvalue weighted by molar-refractivity contribution is 5.81. The number of esters is 1. The van der Waals surface area contributed by atoms with Gasteiger partial charge < -0.3 is 55.8 Å². The summed E-state index contributed by atoms with van der Waals surface area (Å²) in [5.74, 6) is -0.271. The third-order valence-electron chi connectivity index (χ3n) is 9.34. The maximum atomic E-state index is 13.4. The number of rotatable bonds is 20. The number of phenols is 1. The molecule has 264 valence electrons. The van der Waals surface area contributed by atoms with Gasteiger partial charge in [0.2, 0.25) is 18.4 Å². The topological polar surface area (TPSA) is 175 Å². The van der Waals surface area contributed by atoms with Crippen LogP contribution >= 0.6 is 0 Å². The highest BCUT2D eigenvalue weighted by Crippen LogP contribution is 2.55. The molecule has 1 fully saturated rings. The Morgan fingerprint density at radius 2 is 1.42 bits per heavy atom. The number of cyclic esters (lactones) is 1. The number of carbonyl (C=O) groups is 2. The Bertz CT molecular complexity index is 1370. The number of hydrogen-bond donors (Lipinski definition) is 6. The maximum absolute atomic E-state index is 13.4. The standard InChI is InChI=1S/C35H51N5O8/c1-44-28-16-22(17-29(45-2)34(28)42)31-23-18-26-27(48-21-47-26)19-24(23)33(25-20-46-35(43)32(25)31)40-30(41)8-3-4-10-37-12-6-14-39-15-7-13-38-11-5-9-36/h16-19,25,31-33,37-39,42H,3-15,20-21,36H2,1-2H3,(H,40,41). The summed E-state index contributed by atoms with van der Waals surface area (Å²) >= 11 is 0. The molecule has 0 radical (unpaired) electrons. The minimum Gasteiger partial charge on any atom is -0.502 e. The van der Waals surface area contributed by atoms with Crippen LogP contribution in [0.3, 0.4) is 0 Å². The minimum atomic E-state index is -0.584. The Morgan fingerprint density at radius 3 is 2.02 bits per heavy atom. The number of carbonyl (C=O) groups excluding carboxylic acids is 2. The number of hydrogen-bond acceptors (Lipinski definition) is 12. The molecular weight excluding hydrogens is 618 g/mol. The number of methoxy groups -OCH3 is 2. The normalized spacial score (nSPS) is 20.6. The first-order valence-corrected chi connectivity index (χ1v) is 17.1. The fourth-order valence-electron chi connectivity index (χ4n) is 6.90. The van der Waals surface area contributed by atoms with Gasteiger partial charge in [-0.15, -0.1) is 0 Å². The molecule has 7 N–H and O–H groups in total. The zero-order chi connectivity index (χ0) is 33.9. The summed E-state index contributed by atoms with van der Waals surface area (Å²) in [7, 11) is 2.93. The van der Waals surface area contributed by atoms with E-state index in [9.17, 15) is 14.7 Å². The number of ether oxygens (including phenoxy) is 5. The fourth-order valence-corrected chi connectivity index (χ4v) is 6.90. The monoisotopic (exact) mass is 669 g/mol. The molecule has 1 amide bonds. The van der Waals surface area contributed by atoms with Crippen molar-refractivity contribution in [3.8, 4) is 28.7 Å². The van der Waals surface area contributed by atoms with Gasteiger partial charge in [-0.05, 0) is 119 Å². The van der Waals surface area contributed by atoms with Crippen molar-refractivity contribution in [1.29, 1.82) is 0 Å². The van der Waals surface area contributed by atoms with Gasteiger partial charge in [0.05, 0.1) is 32.8 Å². The van der Waals surface area contributed by atoms with Crippen LogP contribution in [0.4, 0.5) is 0 Å². The van der Waals surface area contributed by atoms with Crippen molar-refractivity contribution >= 4 is 11.9 Å². The van der Waals surface area contributed by atoms with Crippen LogP contribution in [0.25, 0.3) is 0 Å². The molecule has 2 aromatic rings. The van der Waals surface area contributed by atoms with Gasteiger partial charge in [-0.25, -0.2) is 0 Å². The molecule has 2 heterocycles. The molecule has 2 aromatic carbocycles. The molecule has 4 unspecified atom stereocenters. The van der Waals surface area contributed by atoms with E-state index in [-0.39, 0.29) is 48.4 Å². The van der Waals surface area contributed by atoms with E-state index in [0.717, 1.165) is 94.6 Å². The molecule has 4 atom stereocenters. The molecule has 0 aromatic heterocycles. The van der Waals surface area contributed by atoms with Crippen LogP contribution in [0.1, 0.15) is 67.2 Å². The Kier molecular flexibility index (Phi) is 13.0. The second-order valence-electron chi connectivity index (χ2n) is 12.5. The maximum Gasteiger partial charge on any atom is 0.310 e. The first kappa shape index (κ1) is 35.5. The van der Waals surface area contributed by atoms with E-state index in [1.54, 1.807) is 12.1 Å². The lowest BCUT2D eigenvalue weighted by atomic mass is 9.65. The number of benzene rings is 2. The quantitative estimate of drug-likeness (QED) is 0.0898. The van der Waals surface area contributed by atoms with Crippen molar-refractivity contribution in [3.63, 3.8) is 0 Å². The van der Waals surface area contributed by atoms with Crippen molar-refractivity contribution in [2.45, 2.75) is 50.5 Å². The van der Waals surface area contributed by atoms with Crippen molar-refractivity contribution in [3.05, 3.63) is 41.0 Å². The second-order valence-corrected chi connectivity index (χ2v) is 12.5. The summed E-state index contributed by atoms with van der Waals surface area (Å²) < 4.78 is 28.0. The molecule has 1 saturated heterocycles. The lowest BCUT2D eigenvalue weighted by Gasteiger charge is -2.39. The Labute approximate surface area is 282 Å². The summed E-state index contributed by atoms with van der Waals surface area (Å²) in [6.45, 7) is 6.75. The fraction of sp³-hybridized carbons (Fsp3) is 0.600. The van der Waals surface area contributed by atoms with E-state index in [0.29, 0.717) is 17.9 Å². The number of nitrogens with one attached hydrogen (secondary N) is 4. The van der Waals surface area contributed by atoms with Gasteiger partial charge >= 0.3 is 5.97 Å². The Hall–Kier alpha value is -3.78. The average Bonchev–Trinajstić information content (AvgIpc) is 3.72. The van der Waals surface area contributed by atoms with Gasteiger partial charge in [0.25, 0.3) is 0 Å². The van der Waals surface area contributed by atoms with Gasteiger partial charge in [0.1, 0.15) is 0 Å². The minimum absolute atomic E-state index is 0.0742. The number of nitrogens with two attached hydrogens (primary N) is 1. The summed E-state index contributed by atoms with van der Waals surface area (Å²) in [5.41, 5.74) is 7.88. The Balaban J connectivity index is 1.17. The Morgan fingerprint density at radius 1 is 0.833 bits per heavy atom. The number of amides is 1. The van der Waals surface area contributed by atoms with Gasteiger partial charge in [0.15, 0.2) is 23.0 Å². The molecule has 3 aliphatic rings. The summed E-state index contributed by atoms with van der Waals surface area (Å²) in [4.78, 5) is 26.7. The highest BCUT2D eigenvalue weighted by Gasteiger charge is 2.53. The third kappa shape index (κ3) is 8.43.